The van der Waals surface area contributed by atoms with Crippen molar-refractivity contribution in [3.8, 4) is 0 Å². The van der Waals surface area contributed by atoms with Gasteiger partial charge in [-0.15, -0.1) is 0 Å². The summed E-state index contributed by atoms with van der Waals surface area (Å²) in [6.07, 6.45) is 4.06. The zero-order valence-corrected chi connectivity index (χ0v) is 9.74. The maximum Gasteiger partial charge on any atom is 0.229 e. The standard InChI is InChI=1S/C11H19N3O2/c1-2-3-4-10-13-11(16-14-10)7-9-8-12-5-6-15-9/h9,12H,2-8H2,1H3. The lowest BCUT2D eigenvalue weighted by molar-refractivity contribution is 0.0246. The Balaban J connectivity index is 1.81. The van der Waals surface area contributed by atoms with Crippen molar-refractivity contribution < 1.29 is 9.26 Å². The van der Waals surface area contributed by atoms with Crippen LogP contribution in [0.1, 0.15) is 31.5 Å². The lowest BCUT2D eigenvalue weighted by Crippen LogP contribution is -2.39. The van der Waals surface area contributed by atoms with Gasteiger partial charge in [0.05, 0.1) is 19.1 Å². The van der Waals surface area contributed by atoms with Gasteiger partial charge in [0.25, 0.3) is 0 Å². The highest BCUT2D eigenvalue weighted by molar-refractivity contribution is 4.89. The Hall–Kier alpha value is -0.940. The number of nitrogens with zero attached hydrogens (tertiary/aromatic N) is 2. The van der Waals surface area contributed by atoms with Gasteiger partial charge in [-0.05, 0) is 6.42 Å². The predicted molar refractivity (Wildman–Crippen MR) is 59.2 cm³/mol. The minimum Gasteiger partial charge on any atom is -0.375 e. The van der Waals surface area contributed by atoms with E-state index in [4.69, 9.17) is 9.26 Å². The second-order valence-corrected chi connectivity index (χ2v) is 4.11. The van der Waals surface area contributed by atoms with Crippen LogP contribution in [0.5, 0.6) is 0 Å². The lowest BCUT2D eigenvalue weighted by atomic mass is 10.2. The van der Waals surface area contributed by atoms with Crippen molar-refractivity contribution in [3.63, 3.8) is 0 Å². The number of ether oxygens (including phenoxy) is 1. The fraction of sp³-hybridized carbons (Fsp3) is 0.818. The summed E-state index contributed by atoms with van der Waals surface area (Å²) in [5.74, 6) is 1.51. The average Bonchev–Trinajstić information content (AvgIpc) is 2.75. The number of morpholine rings is 1. The molecule has 0 amide bonds. The first-order chi connectivity index (χ1) is 7.88. The third-order valence-electron chi connectivity index (χ3n) is 2.67. The van der Waals surface area contributed by atoms with E-state index < -0.39 is 0 Å². The number of nitrogens with one attached hydrogen (secondary N) is 1. The molecular weight excluding hydrogens is 206 g/mol. The van der Waals surface area contributed by atoms with Crippen LogP contribution in [0.25, 0.3) is 0 Å². The van der Waals surface area contributed by atoms with Gasteiger partial charge in [0.1, 0.15) is 0 Å². The highest BCUT2D eigenvalue weighted by atomic mass is 16.5. The quantitative estimate of drug-likeness (QED) is 0.808. The maximum atomic E-state index is 5.58. The van der Waals surface area contributed by atoms with Crippen LogP contribution in [0.15, 0.2) is 4.52 Å². The van der Waals surface area contributed by atoms with Crippen molar-refractivity contribution in [2.75, 3.05) is 19.7 Å². The summed E-state index contributed by atoms with van der Waals surface area (Å²) in [6, 6.07) is 0. The average molecular weight is 225 g/mol. The Morgan fingerprint density at radius 1 is 1.50 bits per heavy atom. The van der Waals surface area contributed by atoms with Crippen LogP contribution in [-0.2, 0) is 17.6 Å². The molecule has 1 saturated heterocycles. The number of unbranched alkanes of at least 4 members (excludes halogenated alkanes) is 1. The summed E-state index contributed by atoms with van der Waals surface area (Å²) in [7, 11) is 0. The van der Waals surface area contributed by atoms with Crippen molar-refractivity contribution in [2.24, 2.45) is 0 Å². The number of hydrogen-bond acceptors (Lipinski definition) is 5. The van der Waals surface area contributed by atoms with Crippen LogP contribution in [0.3, 0.4) is 0 Å². The number of aryl methyl sites for hydroxylation is 1. The van der Waals surface area contributed by atoms with Crippen LogP contribution in [0.4, 0.5) is 0 Å². The molecule has 2 rings (SSSR count). The molecule has 1 fully saturated rings. The molecule has 1 unspecified atom stereocenters. The van der Waals surface area contributed by atoms with Gasteiger partial charge >= 0.3 is 0 Å². The van der Waals surface area contributed by atoms with E-state index in [0.29, 0.717) is 12.3 Å². The van der Waals surface area contributed by atoms with Crippen molar-refractivity contribution in [2.45, 2.75) is 38.7 Å². The minimum absolute atomic E-state index is 0.174. The van der Waals surface area contributed by atoms with E-state index in [1.54, 1.807) is 0 Å². The van der Waals surface area contributed by atoms with E-state index in [9.17, 15) is 0 Å². The third kappa shape index (κ3) is 3.28. The van der Waals surface area contributed by atoms with E-state index in [-0.39, 0.29) is 6.10 Å². The SMILES string of the molecule is CCCCc1noc(CC2CNCCO2)n1. The molecule has 0 spiro atoms. The Labute approximate surface area is 95.6 Å². The van der Waals surface area contributed by atoms with Gasteiger partial charge in [0, 0.05) is 19.5 Å². The van der Waals surface area contributed by atoms with Gasteiger partial charge < -0.3 is 14.6 Å². The largest absolute Gasteiger partial charge is 0.375 e. The molecule has 1 N–H and O–H groups in total. The lowest BCUT2D eigenvalue weighted by Gasteiger charge is -2.21. The molecule has 0 radical (unpaired) electrons. The molecule has 2 heterocycles. The Morgan fingerprint density at radius 2 is 2.44 bits per heavy atom. The number of aromatic nitrogens is 2. The van der Waals surface area contributed by atoms with E-state index in [1.165, 1.54) is 0 Å². The van der Waals surface area contributed by atoms with Crippen LogP contribution in [0, 0.1) is 0 Å². The zero-order valence-electron chi connectivity index (χ0n) is 9.74. The van der Waals surface area contributed by atoms with Crippen LogP contribution in [0.2, 0.25) is 0 Å². The Kier molecular flexibility index (Phi) is 4.30. The van der Waals surface area contributed by atoms with Gasteiger partial charge in [-0.1, -0.05) is 18.5 Å². The maximum absolute atomic E-state index is 5.58. The molecule has 0 saturated carbocycles. The van der Waals surface area contributed by atoms with Crippen LogP contribution < -0.4 is 5.32 Å². The third-order valence-corrected chi connectivity index (χ3v) is 2.67. The topological polar surface area (TPSA) is 60.2 Å². The second-order valence-electron chi connectivity index (χ2n) is 4.11. The predicted octanol–water partition coefficient (Wildman–Crippen LogP) is 0.943. The van der Waals surface area contributed by atoms with Crippen molar-refractivity contribution in [1.29, 1.82) is 0 Å². The summed E-state index contributed by atoms with van der Waals surface area (Å²) >= 11 is 0. The number of rotatable bonds is 5. The first-order valence-electron chi connectivity index (χ1n) is 6.02. The van der Waals surface area contributed by atoms with Crippen LogP contribution >= 0.6 is 0 Å². The van der Waals surface area contributed by atoms with Crippen molar-refractivity contribution in [3.05, 3.63) is 11.7 Å². The molecule has 1 aliphatic heterocycles. The normalized spacial score (nSPS) is 21.2. The van der Waals surface area contributed by atoms with Crippen molar-refractivity contribution in [1.82, 2.24) is 15.5 Å². The first-order valence-corrected chi connectivity index (χ1v) is 6.02. The van der Waals surface area contributed by atoms with E-state index in [0.717, 1.165) is 44.8 Å². The minimum atomic E-state index is 0.174. The smallest absolute Gasteiger partial charge is 0.229 e. The highest BCUT2D eigenvalue weighted by Gasteiger charge is 2.17. The molecule has 0 aliphatic carbocycles. The van der Waals surface area contributed by atoms with Gasteiger partial charge in [0.2, 0.25) is 5.89 Å². The first kappa shape index (κ1) is 11.5. The molecule has 90 valence electrons. The summed E-state index contributed by atoms with van der Waals surface area (Å²) in [5.41, 5.74) is 0. The molecule has 5 nitrogen and oxygen atoms in total. The fourth-order valence-corrected chi connectivity index (χ4v) is 1.76. The van der Waals surface area contributed by atoms with Crippen molar-refractivity contribution >= 4 is 0 Å². The monoisotopic (exact) mass is 225 g/mol. The summed E-state index contributed by atoms with van der Waals surface area (Å²) in [4.78, 5) is 4.36. The molecule has 1 aromatic rings. The molecule has 1 aliphatic rings. The summed E-state index contributed by atoms with van der Waals surface area (Å²) in [6.45, 7) is 4.72. The molecule has 0 bridgehead atoms. The van der Waals surface area contributed by atoms with E-state index in [2.05, 4.69) is 22.4 Å². The summed E-state index contributed by atoms with van der Waals surface area (Å²) in [5, 5.41) is 7.24. The van der Waals surface area contributed by atoms with E-state index in [1.807, 2.05) is 0 Å². The Morgan fingerprint density at radius 3 is 3.19 bits per heavy atom. The molecular formula is C11H19N3O2. The molecule has 16 heavy (non-hydrogen) atoms. The number of hydrogen-bond donors (Lipinski definition) is 1. The Bertz CT molecular complexity index is 308. The molecule has 1 aromatic heterocycles. The molecule has 1 atom stereocenters. The second kappa shape index (κ2) is 5.96. The summed E-state index contributed by atoms with van der Waals surface area (Å²) < 4.78 is 10.8. The van der Waals surface area contributed by atoms with Gasteiger partial charge in [-0.25, -0.2) is 0 Å². The highest BCUT2D eigenvalue weighted by Crippen LogP contribution is 2.07. The van der Waals surface area contributed by atoms with Crippen LogP contribution in [-0.4, -0.2) is 35.9 Å². The van der Waals surface area contributed by atoms with E-state index >= 15 is 0 Å². The fourth-order valence-electron chi connectivity index (χ4n) is 1.76. The molecule has 0 aromatic carbocycles. The van der Waals surface area contributed by atoms with Gasteiger partial charge in [0.15, 0.2) is 5.82 Å². The van der Waals surface area contributed by atoms with Gasteiger partial charge in [-0.2, -0.15) is 4.98 Å². The molecule has 5 heteroatoms. The zero-order chi connectivity index (χ0) is 11.2. The van der Waals surface area contributed by atoms with Gasteiger partial charge in [-0.3, -0.25) is 0 Å².